The van der Waals surface area contributed by atoms with E-state index in [-0.39, 0.29) is 10.8 Å². The minimum Gasteiger partial charge on any atom is -0.358 e. The predicted molar refractivity (Wildman–Crippen MR) is 114 cm³/mol. The minimum absolute atomic E-state index is 0.0109. The van der Waals surface area contributed by atoms with E-state index >= 15 is 0 Å². The standard InChI is InChI=1S/C14H17FN2O2S.C3H6.C2H6.CH3F/c1-4-11(2)9-17-14(15)10-16-12-5-7-13(8-6-12)20(3,18)19;1-3-2;2*1-2/h4-11,16H,1H2,2-3H3;3H,1H2,2H3;1-2H3;1H3/b14-10-,17-9+;;;. The van der Waals surface area contributed by atoms with Gasteiger partial charge in [0.2, 0.25) is 5.95 Å². The van der Waals surface area contributed by atoms with Crippen molar-refractivity contribution in [1.29, 1.82) is 0 Å². The third kappa shape index (κ3) is 16.9. The lowest BCUT2D eigenvalue weighted by Crippen LogP contribution is -1.97. The summed E-state index contributed by atoms with van der Waals surface area (Å²) in [6, 6.07) is 6.01. The van der Waals surface area contributed by atoms with Gasteiger partial charge in [0, 0.05) is 24.1 Å². The van der Waals surface area contributed by atoms with Crippen LogP contribution in [0, 0.1) is 5.92 Å². The van der Waals surface area contributed by atoms with E-state index in [2.05, 4.69) is 23.5 Å². The van der Waals surface area contributed by atoms with Crippen molar-refractivity contribution in [2.45, 2.75) is 32.6 Å². The SMILES string of the molecule is C=CC.C=CC(C)/C=N/C(F)=C\Nc1ccc(S(C)(=O)=O)cc1.CC.CF. The Bertz CT molecular complexity index is 668. The highest BCUT2D eigenvalue weighted by Gasteiger charge is 2.05. The van der Waals surface area contributed by atoms with Gasteiger partial charge in [-0.3, -0.25) is 4.39 Å². The predicted octanol–water partition coefficient (Wildman–Crippen LogP) is 5.97. The summed E-state index contributed by atoms with van der Waals surface area (Å²) in [6.07, 6.45) is 7.06. The molecule has 7 heteroatoms. The molecule has 0 aliphatic rings. The van der Waals surface area contributed by atoms with Gasteiger partial charge in [-0.2, -0.15) is 4.39 Å². The first kappa shape index (κ1) is 29.5. The van der Waals surface area contributed by atoms with Crippen LogP contribution in [0.3, 0.4) is 0 Å². The van der Waals surface area contributed by atoms with Crippen LogP contribution in [0.25, 0.3) is 0 Å². The van der Waals surface area contributed by atoms with Crippen molar-refractivity contribution in [1.82, 2.24) is 0 Å². The van der Waals surface area contributed by atoms with Crippen molar-refractivity contribution in [3.63, 3.8) is 0 Å². The zero-order chi connectivity index (χ0) is 21.9. The van der Waals surface area contributed by atoms with E-state index in [0.29, 0.717) is 12.9 Å². The van der Waals surface area contributed by atoms with Gasteiger partial charge in [0.05, 0.1) is 18.3 Å². The molecule has 0 saturated heterocycles. The smallest absolute Gasteiger partial charge is 0.228 e. The number of hydrogen-bond donors (Lipinski definition) is 1. The molecule has 1 rings (SSSR count). The molecule has 0 aliphatic carbocycles. The molecule has 27 heavy (non-hydrogen) atoms. The van der Waals surface area contributed by atoms with E-state index in [1.807, 2.05) is 27.7 Å². The van der Waals surface area contributed by atoms with Crippen molar-refractivity contribution in [3.05, 3.63) is 61.7 Å². The first-order valence-corrected chi connectivity index (χ1v) is 10.2. The summed E-state index contributed by atoms with van der Waals surface area (Å²) >= 11 is 0. The van der Waals surface area contributed by atoms with E-state index < -0.39 is 15.8 Å². The largest absolute Gasteiger partial charge is 0.358 e. The van der Waals surface area contributed by atoms with Gasteiger partial charge in [0.1, 0.15) is 0 Å². The molecule has 0 spiro atoms. The highest BCUT2D eigenvalue weighted by molar-refractivity contribution is 7.90. The highest BCUT2D eigenvalue weighted by atomic mass is 32.2. The molecule has 1 unspecified atom stereocenters. The fraction of sp³-hybridized carbons (Fsp3) is 0.350. The van der Waals surface area contributed by atoms with Crippen molar-refractivity contribution < 1.29 is 17.2 Å². The average Bonchev–Trinajstić information content (AvgIpc) is 2.67. The molecule has 0 bridgehead atoms. The number of anilines is 1. The van der Waals surface area contributed by atoms with E-state index in [9.17, 15) is 17.2 Å². The van der Waals surface area contributed by atoms with Crippen molar-refractivity contribution in [2.75, 3.05) is 18.8 Å². The van der Waals surface area contributed by atoms with Crippen LogP contribution in [0.4, 0.5) is 14.5 Å². The van der Waals surface area contributed by atoms with Crippen molar-refractivity contribution in [3.8, 4) is 0 Å². The highest BCUT2D eigenvalue weighted by Crippen LogP contribution is 2.14. The van der Waals surface area contributed by atoms with Gasteiger partial charge in [-0.25, -0.2) is 13.4 Å². The Morgan fingerprint density at radius 1 is 1.19 bits per heavy atom. The lowest BCUT2D eigenvalue weighted by atomic mass is 10.2. The molecule has 4 nitrogen and oxygen atoms in total. The Labute approximate surface area is 163 Å². The zero-order valence-corrected chi connectivity index (χ0v) is 17.9. The summed E-state index contributed by atoms with van der Waals surface area (Å²) in [5.41, 5.74) is 0.569. The third-order valence-corrected chi connectivity index (χ3v) is 3.57. The maximum atomic E-state index is 13.3. The van der Waals surface area contributed by atoms with Crippen LogP contribution < -0.4 is 5.32 Å². The Kier molecular flexibility index (Phi) is 20.2. The minimum atomic E-state index is -3.22. The molecular weight excluding hydrogens is 370 g/mol. The number of sulfone groups is 1. The van der Waals surface area contributed by atoms with E-state index in [4.69, 9.17) is 0 Å². The van der Waals surface area contributed by atoms with E-state index in [1.165, 1.54) is 18.3 Å². The number of rotatable bonds is 6. The number of hydrogen-bond acceptors (Lipinski definition) is 4. The van der Waals surface area contributed by atoms with E-state index in [0.717, 1.165) is 12.5 Å². The Hall–Kier alpha value is -2.28. The van der Waals surface area contributed by atoms with Gasteiger partial charge >= 0.3 is 0 Å². The molecule has 0 saturated carbocycles. The molecule has 0 amide bonds. The van der Waals surface area contributed by atoms with Crippen LogP contribution in [-0.4, -0.2) is 28.1 Å². The molecule has 0 heterocycles. The van der Waals surface area contributed by atoms with Gasteiger partial charge in [0.15, 0.2) is 9.84 Å². The normalized spacial score (nSPS) is 11.5. The second-order valence-electron chi connectivity index (χ2n) is 4.69. The summed E-state index contributed by atoms with van der Waals surface area (Å²) in [5.74, 6) is -0.686. The fourth-order valence-corrected chi connectivity index (χ4v) is 1.86. The lowest BCUT2D eigenvalue weighted by molar-refractivity contribution is 0.602. The molecule has 154 valence electrons. The van der Waals surface area contributed by atoms with Gasteiger partial charge in [-0.15, -0.1) is 13.2 Å². The van der Waals surface area contributed by atoms with Crippen molar-refractivity contribution in [2.24, 2.45) is 10.9 Å². The number of allylic oxidation sites excluding steroid dienone is 2. The number of nitrogens with zero attached hydrogens (tertiary/aromatic N) is 1. The topological polar surface area (TPSA) is 58.5 Å². The monoisotopic (exact) mass is 402 g/mol. The van der Waals surface area contributed by atoms with Crippen LogP contribution in [0.15, 0.2) is 71.6 Å². The molecule has 0 fully saturated rings. The van der Waals surface area contributed by atoms with Crippen LogP contribution >= 0.6 is 0 Å². The van der Waals surface area contributed by atoms with Crippen LogP contribution in [-0.2, 0) is 9.84 Å². The van der Waals surface area contributed by atoms with Crippen LogP contribution in [0.2, 0.25) is 0 Å². The fourth-order valence-electron chi connectivity index (χ4n) is 1.23. The number of halogens is 2. The number of aliphatic imine (C=N–C) groups is 1. The molecule has 0 aliphatic heterocycles. The molecule has 1 N–H and O–H groups in total. The van der Waals surface area contributed by atoms with Gasteiger partial charge in [0.25, 0.3) is 0 Å². The number of nitrogens with one attached hydrogen (secondary N) is 1. The Morgan fingerprint density at radius 3 is 2.00 bits per heavy atom. The van der Waals surface area contributed by atoms with Crippen LogP contribution in [0.5, 0.6) is 0 Å². The molecule has 1 aromatic rings. The Morgan fingerprint density at radius 2 is 1.63 bits per heavy atom. The third-order valence-electron chi connectivity index (χ3n) is 2.45. The van der Waals surface area contributed by atoms with Gasteiger partial charge < -0.3 is 5.32 Å². The summed E-state index contributed by atoms with van der Waals surface area (Å²) in [5, 5.41) is 2.69. The maximum absolute atomic E-state index is 13.3. The Balaban J connectivity index is -0.000000725. The second-order valence-corrected chi connectivity index (χ2v) is 6.70. The summed E-state index contributed by atoms with van der Waals surface area (Å²) in [4.78, 5) is 3.82. The van der Waals surface area contributed by atoms with Gasteiger partial charge in [-0.1, -0.05) is 32.9 Å². The summed E-state index contributed by atoms with van der Waals surface area (Å²) < 4.78 is 45.4. The van der Waals surface area contributed by atoms with Crippen molar-refractivity contribution >= 4 is 21.7 Å². The second kappa shape index (κ2) is 18.5. The lowest BCUT2D eigenvalue weighted by Gasteiger charge is -2.02. The average molecular weight is 403 g/mol. The molecular formula is C20H32F2N2O2S. The van der Waals surface area contributed by atoms with E-state index in [1.54, 1.807) is 24.3 Å². The zero-order valence-electron chi connectivity index (χ0n) is 17.0. The quantitative estimate of drug-likeness (QED) is 0.362. The number of benzene rings is 1. The van der Waals surface area contributed by atoms with Gasteiger partial charge in [-0.05, 0) is 31.2 Å². The first-order valence-electron chi connectivity index (χ1n) is 8.28. The molecule has 1 atom stereocenters. The number of alkyl halides is 1. The maximum Gasteiger partial charge on any atom is 0.228 e. The molecule has 0 radical (unpaired) electrons. The summed E-state index contributed by atoms with van der Waals surface area (Å²) in [6.45, 7) is 14.6. The van der Waals surface area contributed by atoms with Crippen LogP contribution in [0.1, 0.15) is 27.7 Å². The molecule has 0 aromatic heterocycles. The first-order chi connectivity index (χ1) is 12.7. The molecule has 1 aromatic carbocycles. The summed E-state index contributed by atoms with van der Waals surface area (Å²) in [7, 11) is -2.72.